The predicted molar refractivity (Wildman–Crippen MR) is 80.5 cm³/mol. The Morgan fingerprint density at radius 2 is 1.85 bits per heavy atom. The Morgan fingerprint density at radius 3 is 2.65 bits per heavy atom. The van der Waals surface area contributed by atoms with Crippen LogP contribution in [0.2, 0.25) is 5.15 Å². The second kappa shape index (κ2) is 5.61. The average Bonchev–Trinajstić information content (AvgIpc) is 2.47. The second-order valence-electron chi connectivity index (χ2n) is 4.11. The van der Waals surface area contributed by atoms with Crippen LogP contribution in [0.3, 0.4) is 0 Å². The third kappa shape index (κ3) is 2.53. The van der Waals surface area contributed by atoms with Crippen molar-refractivity contribution >= 4 is 40.4 Å². The van der Waals surface area contributed by atoms with Crippen LogP contribution in [-0.2, 0) is 0 Å². The molecule has 1 aromatic heterocycles. The molecule has 0 radical (unpaired) electrons. The van der Waals surface area contributed by atoms with Crippen molar-refractivity contribution in [3.05, 3.63) is 59.5 Å². The van der Waals surface area contributed by atoms with E-state index in [1.165, 1.54) is 23.5 Å². The summed E-state index contributed by atoms with van der Waals surface area (Å²) < 4.78 is 0. The lowest BCUT2D eigenvalue weighted by atomic mass is 10.1. The monoisotopic (exact) mass is 300 g/mol. The number of aldehydes is 1. The van der Waals surface area contributed by atoms with Gasteiger partial charge in [-0.15, -0.1) is 0 Å². The van der Waals surface area contributed by atoms with Crippen LogP contribution in [0, 0.1) is 0 Å². The van der Waals surface area contributed by atoms with E-state index in [9.17, 15) is 4.79 Å². The molecule has 3 nitrogen and oxygen atoms in total. The van der Waals surface area contributed by atoms with Gasteiger partial charge >= 0.3 is 0 Å². The van der Waals surface area contributed by atoms with Gasteiger partial charge in [0.25, 0.3) is 0 Å². The average molecular weight is 301 g/mol. The van der Waals surface area contributed by atoms with E-state index >= 15 is 0 Å². The van der Waals surface area contributed by atoms with Crippen LogP contribution in [-0.4, -0.2) is 16.3 Å². The summed E-state index contributed by atoms with van der Waals surface area (Å²) in [5.74, 6) is 0. The first kappa shape index (κ1) is 13.1. The van der Waals surface area contributed by atoms with E-state index < -0.39 is 0 Å². The zero-order chi connectivity index (χ0) is 13.9. The van der Waals surface area contributed by atoms with Crippen LogP contribution in [0.1, 0.15) is 10.4 Å². The lowest BCUT2D eigenvalue weighted by Gasteiger charge is -2.05. The molecule has 0 aliphatic heterocycles. The van der Waals surface area contributed by atoms with E-state index in [2.05, 4.69) is 22.1 Å². The van der Waals surface area contributed by atoms with E-state index in [1.807, 2.05) is 30.3 Å². The van der Waals surface area contributed by atoms with Crippen LogP contribution in [0.5, 0.6) is 0 Å². The Bertz CT molecular complexity index is 792. The summed E-state index contributed by atoms with van der Waals surface area (Å²) in [7, 11) is 0. The topological polar surface area (TPSA) is 42.9 Å². The van der Waals surface area contributed by atoms with Gasteiger partial charge in [-0.1, -0.05) is 53.7 Å². The Kier molecular flexibility index (Phi) is 3.67. The first-order valence-electron chi connectivity index (χ1n) is 5.90. The fourth-order valence-electron chi connectivity index (χ4n) is 1.88. The molecular weight excluding hydrogens is 292 g/mol. The molecule has 0 amide bonds. The minimum Gasteiger partial charge on any atom is -0.298 e. The Hall–Kier alpha value is -1.91. The van der Waals surface area contributed by atoms with Gasteiger partial charge in [0.05, 0.1) is 5.56 Å². The zero-order valence-corrected chi connectivity index (χ0v) is 11.9. The maximum atomic E-state index is 11.1. The second-order valence-corrected chi connectivity index (χ2v) is 5.53. The summed E-state index contributed by atoms with van der Waals surface area (Å²) in [6.45, 7) is 0. The van der Waals surface area contributed by atoms with Gasteiger partial charge in [-0.25, -0.2) is 9.97 Å². The molecule has 0 saturated heterocycles. The number of carbonyl (C=O) groups excluding carboxylic acids is 1. The summed E-state index contributed by atoms with van der Waals surface area (Å²) in [6.07, 6.45) is 2.05. The SMILES string of the molecule is O=Cc1c(Cl)ncnc1Sc1ccc2ccccc2c1. The normalized spacial score (nSPS) is 10.7. The highest BCUT2D eigenvalue weighted by molar-refractivity contribution is 7.99. The van der Waals surface area contributed by atoms with Crippen LogP contribution < -0.4 is 0 Å². The van der Waals surface area contributed by atoms with Crippen LogP contribution in [0.4, 0.5) is 0 Å². The highest BCUT2D eigenvalue weighted by Crippen LogP contribution is 2.31. The van der Waals surface area contributed by atoms with E-state index in [0.717, 1.165) is 10.3 Å². The van der Waals surface area contributed by atoms with E-state index in [1.54, 1.807) is 0 Å². The molecule has 0 atom stereocenters. The van der Waals surface area contributed by atoms with Gasteiger partial charge in [0.1, 0.15) is 16.5 Å². The standard InChI is InChI=1S/C15H9ClN2OS/c16-14-13(8-19)15(18-9-17-14)20-12-6-5-10-3-1-2-4-11(10)7-12/h1-9H. The third-order valence-corrected chi connectivity index (χ3v) is 4.16. The molecule has 0 aliphatic carbocycles. The van der Waals surface area contributed by atoms with Crippen molar-refractivity contribution in [3.63, 3.8) is 0 Å². The van der Waals surface area contributed by atoms with Crippen LogP contribution in [0.15, 0.2) is 58.7 Å². The van der Waals surface area contributed by atoms with Gasteiger partial charge in [-0.3, -0.25) is 4.79 Å². The number of halogens is 1. The molecule has 20 heavy (non-hydrogen) atoms. The van der Waals surface area contributed by atoms with Crippen molar-refractivity contribution in [2.75, 3.05) is 0 Å². The number of hydrogen-bond donors (Lipinski definition) is 0. The fraction of sp³-hybridized carbons (Fsp3) is 0. The number of carbonyl (C=O) groups is 1. The number of fused-ring (bicyclic) bond motifs is 1. The fourth-order valence-corrected chi connectivity index (χ4v) is 3.02. The van der Waals surface area contributed by atoms with Crippen molar-refractivity contribution in [1.82, 2.24) is 9.97 Å². The summed E-state index contributed by atoms with van der Waals surface area (Å²) >= 11 is 7.30. The number of rotatable bonds is 3. The minimum absolute atomic E-state index is 0.179. The Balaban J connectivity index is 2.01. The van der Waals surface area contributed by atoms with Gasteiger partial charge in [0.15, 0.2) is 6.29 Å². The summed E-state index contributed by atoms with van der Waals surface area (Å²) in [5.41, 5.74) is 0.326. The Morgan fingerprint density at radius 1 is 1.05 bits per heavy atom. The molecule has 0 bridgehead atoms. The number of hydrogen-bond acceptors (Lipinski definition) is 4. The number of nitrogens with zero attached hydrogens (tertiary/aromatic N) is 2. The summed E-state index contributed by atoms with van der Waals surface area (Å²) in [4.78, 5) is 20.0. The molecule has 3 aromatic rings. The van der Waals surface area contributed by atoms with Gasteiger partial charge in [-0.2, -0.15) is 0 Å². The zero-order valence-electron chi connectivity index (χ0n) is 10.3. The maximum absolute atomic E-state index is 11.1. The number of aromatic nitrogens is 2. The van der Waals surface area contributed by atoms with Crippen molar-refractivity contribution in [2.45, 2.75) is 9.92 Å². The van der Waals surface area contributed by atoms with E-state index in [0.29, 0.717) is 16.9 Å². The molecule has 1 heterocycles. The van der Waals surface area contributed by atoms with Gasteiger partial charge < -0.3 is 0 Å². The Labute approximate surface area is 125 Å². The highest BCUT2D eigenvalue weighted by atomic mass is 35.5. The highest BCUT2D eigenvalue weighted by Gasteiger charge is 2.10. The molecule has 98 valence electrons. The van der Waals surface area contributed by atoms with Crippen molar-refractivity contribution in [1.29, 1.82) is 0 Å². The predicted octanol–water partition coefficient (Wildman–Crippen LogP) is 4.25. The molecule has 5 heteroatoms. The first-order chi connectivity index (χ1) is 9.78. The van der Waals surface area contributed by atoms with Crippen molar-refractivity contribution in [3.8, 4) is 0 Å². The molecule has 3 rings (SSSR count). The van der Waals surface area contributed by atoms with E-state index in [4.69, 9.17) is 11.6 Å². The van der Waals surface area contributed by atoms with Crippen molar-refractivity contribution in [2.24, 2.45) is 0 Å². The molecule has 0 unspecified atom stereocenters. The first-order valence-corrected chi connectivity index (χ1v) is 7.10. The van der Waals surface area contributed by atoms with Crippen LogP contribution >= 0.6 is 23.4 Å². The van der Waals surface area contributed by atoms with Gasteiger partial charge in [-0.05, 0) is 22.9 Å². The lowest BCUT2D eigenvalue weighted by Crippen LogP contribution is -1.93. The summed E-state index contributed by atoms with van der Waals surface area (Å²) in [6, 6.07) is 14.2. The molecule has 2 aromatic carbocycles. The smallest absolute Gasteiger partial charge is 0.155 e. The minimum atomic E-state index is 0.179. The quantitative estimate of drug-likeness (QED) is 0.536. The maximum Gasteiger partial charge on any atom is 0.155 e. The molecule has 0 spiro atoms. The molecule has 0 saturated carbocycles. The number of benzene rings is 2. The van der Waals surface area contributed by atoms with Crippen molar-refractivity contribution < 1.29 is 4.79 Å². The molecule has 0 aliphatic rings. The summed E-state index contributed by atoms with van der Waals surface area (Å²) in [5, 5.41) is 3.06. The molecular formula is C15H9ClN2OS. The van der Waals surface area contributed by atoms with Gasteiger partial charge in [0, 0.05) is 4.90 Å². The molecule has 0 N–H and O–H groups in total. The van der Waals surface area contributed by atoms with Gasteiger partial charge in [0.2, 0.25) is 0 Å². The largest absolute Gasteiger partial charge is 0.298 e. The third-order valence-electron chi connectivity index (χ3n) is 2.85. The molecule has 0 fully saturated rings. The lowest BCUT2D eigenvalue weighted by molar-refractivity contribution is 0.112. The van der Waals surface area contributed by atoms with E-state index in [-0.39, 0.29) is 5.15 Å². The van der Waals surface area contributed by atoms with Crippen LogP contribution in [0.25, 0.3) is 10.8 Å².